The summed E-state index contributed by atoms with van der Waals surface area (Å²) in [5, 5.41) is 0. The van der Waals surface area contributed by atoms with Crippen molar-refractivity contribution >= 4 is 5.78 Å². The lowest BCUT2D eigenvalue weighted by atomic mass is 9.73. The number of hydrogen-bond acceptors (Lipinski definition) is 1. The molecule has 0 aliphatic heterocycles. The Morgan fingerprint density at radius 1 is 1.23 bits per heavy atom. The minimum atomic E-state index is -0.176. The van der Waals surface area contributed by atoms with E-state index in [9.17, 15) is 4.79 Å². The molecule has 0 N–H and O–H groups in total. The highest BCUT2D eigenvalue weighted by molar-refractivity contribution is 5.86. The van der Waals surface area contributed by atoms with E-state index in [0.29, 0.717) is 11.7 Å². The number of rotatable bonds is 1. The molecule has 0 aromatic carbocycles. The van der Waals surface area contributed by atoms with Gasteiger partial charge in [-0.25, -0.2) is 0 Å². The van der Waals surface area contributed by atoms with Gasteiger partial charge in [0.05, 0.1) is 0 Å². The SMILES string of the molecule is CC1CC=CCC1C(=O)C(C)(C)C. The van der Waals surface area contributed by atoms with Crippen molar-refractivity contribution in [1.82, 2.24) is 0 Å². The van der Waals surface area contributed by atoms with Crippen LogP contribution in [-0.2, 0) is 4.79 Å². The Morgan fingerprint density at radius 3 is 2.23 bits per heavy atom. The maximum absolute atomic E-state index is 12.0. The molecule has 2 unspecified atom stereocenters. The lowest BCUT2D eigenvalue weighted by molar-refractivity contribution is -0.132. The Balaban J connectivity index is 2.72. The smallest absolute Gasteiger partial charge is 0.141 e. The largest absolute Gasteiger partial charge is 0.299 e. The Bertz CT molecular complexity index is 220. The predicted molar refractivity (Wildman–Crippen MR) is 55.5 cm³/mol. The minimum Gasteiger partial charge on any atom is -0.299 e. The number of hydrogen-bond donors (Lipinski definition) is 0. The van der Waals surface area contributed by atoms with Crippen molar-refractivity contribution in [3.05, 3.63) is 12.2 Å². The van der Waals surface area contributed by atoms with Gasteiger partial charge in [-0.05, 0) is 18.8 Å². The van der Waals surface area contributed by atoms with Crippen LogP contribution in [0.2, 0.25) is 0 Å². The molecule has 0 spiro atoms. The van der Waals surface area contributed by atoms with E-state index in [4.69, 9.17) is 0 Å². The average molecular weight is 180 g/mol. The molecule has 0 aromatic heterocycles. The molecular formula is C12H20O. The quantitative estimate of drug-likeness (QED) is 0.566. The molecule has 1 heteroatoms. The van der Waals surface area contributed by atoms with Gasteiger partial charge in [0.2, 0.25) is 0 Å². The highest BCUT2D eigenvalue weighted by atomic mass is 16.1. The van der Waals surface area contributed by atoms with Gasteiger partial charge in [0.25, 0.3) is 0 Å². The van der Waals surface area contributed by atoms with E-state index in [1.807, 2.05) is 20.8 Å². The normalized spacial score (nSPS) is 28.9. The van der Waals surface area contributed by atoms with E-state index in [1.165, 1.54) is 0 Å². The van der Waals surface area contributed by atoms with Crippen LogP contribution in [0.25, 0.3) is 0 Å². The summed E-state index contributed by atoms with van der Waals surface area (Å²) in [6, 6.07) is 0. The third-order valence-corrected chi connectivity index (χ3v) is 2.83. The fraction of sp³-hybridized carbons (Fsp3) is 0.750. The molecular weight excluding hydrogens is 160 g/mol. The van der Waals surface area contributed by atoms with Crippen LogP contribution >= 0.6 is 0 Å². The Labute approximate surface area is 81.2 Å². The van der Waals surface area contributed by atoms with Crippen LogP contribution in [0.3, 0.4) is 0 Å². The summed E-state index contributed by atoms with van der Waals surface area (Å²) < 4.78 is 0. The predicted octanol–water partition coefficient (Wildman–Crippen LogP) is 3.20. The van der Waals surface area contributed by atoms with Crippen LogP contribution in [-0.4, -0.2) is 5.78 Å². The zero-order chi connectivity index (χ0) is 10.1. The van der Waals surface area contributed by atoms with E-state index in [2.05, 4.69) is 19.1 Å². The lowest BCUT2D eigenvalue weighted by Crippen LogP contribution is -2.32. The molecule has 0 amide bonds. The van der Waals surface area contributed by atoms with Crippen molar-refractivity contribution in [2.24, 2.45) is 17.3 Å². The summed E-state index contributed by atoms with van der Waals surface area (Å²) in [6.45, 7) is 8.22. The summed E-state index contributed by atoms with van der Waals surface area (Å²) >= 11 is 0. The fourth-order valence-corrected chi connectivity index (χ4v) is 1.87. The number of Topliss-reactive ketones (excluding diaryl/α,β-unsaturated/α-hetero) is 1. The van der Waals surface area contributed by atoms with Crippen molar-refractivity contribution in [1.29, 1.82) is 0 Å². The molecule has 0 fully saturated rings. The molecule has 0 saturated carbocycles. The standard InChI is InChI=1S/C12H20O/c1-9-7-5-6-8-10(9)11(13)12(2,3)4/h5-6,9-10H,7-8H2,1-4H3. The maximum Gasteiger partial charge on any atom is 0.141 e. The highest BCUT2D eigenvalue weighted by Crippen LogP contribution is 2.32. The molecule has 1 aliphatic rings. The van der Waals surface area contributed by atoms with Gasteiger partial charge in [-0.15, -0.1) is 0 Å². The Kier molecular flexibility index (Phi) is 2.94. The van der Waals surface area contributed by atoms with Gasteiger partial charge < -0.3 is 0 Å². The van der Waals surface area contributed by atoms with Crippen LogP contribution < -0.4 is 0 Å². The van der Waals surface area contributed by atoms with E-state index in [-0.39, 0.29) is 11.3 Å². The van der Waals surface area contributed by atoms with Crippen molar-refractivity contribution in [3.8, 4) is 0 Å². The fourth-order valence-electron chi connectivity index (χ4n) is 1.87. The van der Waals surface area contributed by atoms with Gasteiger partial charge in [0.1, 0.15) is 5.78 Å². The monoisotopic (exact) mass is 180 g/mol. The number of allylic oxidation sites excluding steroid dienone is 2. The van der Waals surface area contributed by atoms with Crippen LogP contribution in [0.4, 0.5) is 0 Å². The molecule has 1 nitrogen and oxygen atoms in total. The number of carbonyl (C=O) groups is 1. The van der Waals surface area contributed by atoms with Gasteiger partial charge in [-0.1, -0.05) is 39.8 Å². The van der Waals surface area contributed by atoms with E-state index in [0.717, 1.165) is 12.8 Å². The van der Waals surface area contributed by atoms with E-state index in [1.54, 1.807) is 0 Å². The molecule has 74 valence electrons. The summed E-state index contributed by atoms with van der Waals surface area (Å²) in [4.78, 5) is 12.0. The number of carbonyl (C=O) groups excluding carboxylic acids is 1. The van der Waals surface area contributed by atoms with Gasteiger partial charge in [-0.2, -0.15) is 0 Å². The second kappa shape index (κ2) is 3.65. The van der Waals surface area contributed by atoms with Crippen LogP contribution in [0.15, 0.2) is 12.2 Å². The maximum atomic E-state index is 12.0. The molecule has 1 rings (SSSR count). The second-order valence-electron chi connectivity index (χ2n) is 5.14. The molecule has 0 heterocycles. The molecule has 0 aromatic rings. The van der Waals surface area contributed by atoms with Gasteiger partial charge in [0, 0.05) is 11.3 Å². The van der Waals surface area contributed by atoms with Gasteiger partial charge in [0.15, 0.2) is 0 Å². The first-order valence-corrected chi connectivity index (χ1v) is 5.12. The van der Waals surface area contributed by atoms with Crippen molar-refractivity contribution in [2.75, 3.05) is 0 Å². The van der Waals surface area contributed by atoms with Crippen molar-refractivity contribution in [2.45, 2.75) is 40.5 Å². The lowest BCUT2D eigenvalue weighted by Gasteiger charge is -2.29. The number of ketones is 1. The molecule has 2 atom stereocenters. The molecule has 0 radical (unpaired) electrons. The Hall–Kier alpha value is -0.590. The first-order chi connectivity index (χ1) is 5.93. The molecule has 0 bridgehead atoms. The third-order valence-electron chi connectivity index (χ3n) is 2.83. The molecule has 1 aliphatic carbocycles. The highest BCUT2D eigenvalue weighted by Gasteiger charge is 2.32. The summed E-state index contributed by atoms with van der Waals surface area (Å²) in [5.74, 6) is 1.20. The van der Waals surface area contributed by atoms with Crippen LogP contribution in [0.1, 0.15) is 40.5 Å². The zero-order valence-corrected chi connectivity index (χ0v) is 9.13. The van der Waals surface area contributed by atoms with E-state index >= 15 is 0 Å². The van der Waals surface area contributed by atoms with Crippen molar-refractivity contribution < 1.29 is 4.79 Å². The first-order valence-electron chi connectivity index (χ1n) is 5.12. The molecule has 13 heavy (non-hydrogen) atoms. The summed E-state index contributed by atoms with van der Waals surface area (Å²) in [6.07, 6.45) is 6.34. The first kappa shape index (κ1) is 10.5. The zero-order valence-electron chi connectivity index (χ0n) is 9.13. The average Bonchev–Trinajstić information content (AvgIpc) is 2.02. The molecule has 0 saturated heterocycles. The van der Waals surface area contributed by atoms with Gasteiger partial charge >= 0.3 is 0 Å². The third kappa shape index (κ3) is 2.43. The van der Waals surface area contributed by atoms with Gasteiger partial charge in [-0.3, -0.25) is 4.79 Å². The summed E-state index contributed by atoms with van der Waals surface area (Å²) in [7, 11) is 0. The second-order valence-corrected chi connectivity index (χ2v) is 5.14. The topological polar surface area (TPSA) is 17.1 Å². The minimum absolute atomic E-state index is 0.176. The van der Waals surface area contributed by atoms with Crippen molar-refractivity contribution in [3.63, 3.8) is 0 Å². The summed E-state index contributed by atoms with van der Waals surface area (Å²) in [5.41, 5.74) is -0.176. The Morgan fingerprint density at radius 2 is 1.77 bits per heavy atom. The van der Waals surface area contributed by atoms with Crippen LogP contribution in [0, 0.1) is 17.3 Å². The van der Waals surface area contributed by atoms with Crippen LogP contribution in [0.5, 0.6) is 0 Å². The van der Waals surface area contributed by atoms with E-state index < -0.39 is 0 Å².